The molecule has 1 saturated carbocycles. The minimum Gasteiger partial charge on any atom is -0.497 e. The first kappa shape index (κ1) is 17.3. The molecule has 3 nitrogen and oxygen atoms in total. The van der Waals surface area contributed by atoms with Crippen LogP contribution in [0.4, 0.5) is 0 Å². The van der Waals surface area contributed by atoms with Crippen molar-refractivity contribution in [3.05, 3.63) is 29.8 Å². The fourth-order valence-corrected chi connectivity index (χ4v) is 4.35. The highest BCUT2D eigenvalue weighted by atomic mass is 16.5. The van der Waals surface area contributed by atoms with E-state index in [1.807, 2.05) is 12.1 Å². The average Bonchev–Trinajstić information content (AvgIpc) is 3.02. The summed E-state index contributed by atoms with van der Waals surface area (Å²) in [5.41, 5.74) is 1.26. The van der Waals surface area contributed by atoms with E-state index in [1.165, 1.54) is 44.1 Å². The van der Waals surface area contributed by atoms with E-state index >= 15 is 0 Å². The Balaban J connectivity index is 1.67. The van der Waals surface area contributed by atoms with Gasteiger partial charge in [-0.3, -0.25) is 4.79 Å². The maximum Gasteiger partial charge on any atom is 0.223 e. The van der Waals surface area contributed by atoms with Gasteiger partial charge in [0.15, 0.2) is 0 Å². The Morgan fingerprint density at radius 3 is 2.46 bits per heavy atom. The van der Waals surface area contributed by atoms with Gasteiger partial charge in [-0.2, -0.15) is 0 Å². The lowest BCUT2D eigenvalue weighted by molar-refractivity contribution is -0.134. The number of nitrogens with zero attached hydrogens (tertiary/aromatic N) is 1. The minimum atomic E-state index is 0.245. The molecule has 1 aliphatic heterocycles. The quantitative estimate of drug-likeness (QED) is 0.751. The first-order valence-corrected chi connectivity index (χ1v) is 9.71. The molecule has 132 valence electrons. The van der Waals surface area contributed by atoms with Gasteiger partial charge in [-0.25, -0.2) is 0 Å². The van der Waals surface area contributed by atoms with Crippen LogP contribution >= 0.6 is 0 Å². The molecule has 0 spiro atoms. The van der Waals surface area contributed by atoms with Crippen molar-refractivity contribution in [2.45, 2.75) is 70.3 Å². The number of benzene rings is 1. The van der Waals surface area contributed by atoms with Crippen molar-refractivity contribution >= 4 is 5.91 Å². The van der Waals surface area contributed by atoms with E-state index in [9.17, 15) is 4.79 Å². The van der Waals surface area contributed by atoms with E-state index < -0.39 is 0 Å². The van der Waals surface area contributed by atoms with Crippen LogP contribution in [0.15, 0.2) is 24.3 Å². The zero-order chi connectivity index (χ0) is 16.8. The highest BCUT2D eigenvalue weighted by Gasteiger charge is 2.27. The van der Waals surface area contributed by atoms with Crippen LogP contribution in [0.2, 0.25) is 0 Å². The number of rotatable bonds is 5. The topological polar surface area (TPSA) is 29.5 Å². The molecule has 0 unspecified atom stereocenters. The largest absolute Gasteiger partial charge is 0.497 e. The first-order chi connectivity index (χ1) is 11.8. The summed E-state index contributed by atoms with van der Waals surface area (Å²) in [6, 6.07) is 8.54. The zero-order valence-corrected chi connectivity index (χ0v) is 15.0. The molecule has 0 N–H and O–H groups in total. The second-order valence-electron chi connectivity index (χ2n) is 7.41. The van der Waals surface area contributed by atoms with Crippen molar-refractivity contribution in [2.24, 2.45) is 5.92 Å². The van der Waals surface area contributed by atoms with Gasteiger partial charge in [-0.05, 0) is 42.9 Å². The van der Waals surface area contributed by atoms with Gasteiger partial charge >= 0.3 is 0 Å². The molecular formula is C21H31NO2. The summed E-state index contributed by atoms with van der Waals surface area (Å²) in [7, 11) is 1.69. The fraction of sp³-hybridized carbons (Fsp3) is 0.667. The predicted molar refractivity (Wildman–Crippen MR) is 97.1 cm³/mol. The number of carbonyl (C=O) groups excluding carboxylic acids is 1. The van der Waals surface area contributed by atoms with Crippen LogP contribution in [0, 0.1) is 5.92 Å². The highest BCUT2D eigenvalue weighted by Crippen LogP contribution is 2.33. The lowest BCUT2D eigenvalue weighted by Crippen LogP contribution is -2.34. The smallest absolute Gasteiger partial charge is 0.223 e. The van der Waals surface area contributed by atoms with Crippen LogP contribution in [0.5, 0.6) is 5.75 Å². The maximum absolute atomic E-state index is 12.9. The number of methoxy groups -OCH3 is 1. The van der Waals surface area contributed by atoms with Crippen molar-refractivity contribution in [1.82, 2.24) is 4.90 Å². The van der Waals surface area contributed by atoms with E-state index in [0.717, 1.165) is 43.9 Å². The molecule has 0 aromatic heterocycles. The third-order valence-corrected chi connectivity index (χ3v) is 5.81. The number of ether oxygens (including phenoxy) is 1. The van der Waals surface area contributed by atoms with Gasteiger partial charge in [0.05, 0.1) is 13.2 Å². The maximum atomic E-state index is 12.9. The highest BCUT2D eigenvalue weighted by molar-refractivity contribution is 5.76. The number of carbonyl (C=O) groups is 1. The molecular weight excluding hydrogens is 298 g/mol. The predicted octanol–water partition coefficient (Wildman–Crippen LogP) is 5.11. The molecule has 3 rings (SSSR count). The van der Waals surface area contributed by atoms with Gasteiger partial charge in [0, 0.05) is 13.0 Å². The van der Waals surface area contributed by atoms with E-state index in [0.29, 0.717) is 5.91 Å². The summed E-state index contributed by atoms with van der Waals surface area (Å²) >= 11 is 0. The van der Waals surface area contributed by atoms with Crippen LogP contribution < -0.4 is 4.74 Å². The van der Waals surface area contributed by atoms with Crippen LogP contribution in [0.25, 0.3) is 0 Å². The average molecular weight is 329 g/mol. The van der Waals surface area contributed by atoms with Gasteiger partial charge in [0.1, 0.15) is 5.75 Å². The molecule has 1 aromatic carbocycles. The third kappa shape index (κ3) is 4.31. The molecule has 1 atom stereocenters. The first-order valence-electron chi connectivity index (χ1n) is 9.71. The van der Waals surface area contributed by atoms with Crippen LogP contribution in [0.3, 0.4) is 0 Å². The van der Waals surface area contributed by atoms with E-state index in [1.54, 1.807) is 7.11 Å². The zero-order valence-electron chi connectivity index (χ0n) is 15.0. The molecule has 1 aromatic rings. The van der Waals surface area contributed by atoms with Crippen molar-refractivity contribution in [1.29, 1.82) is 0 Å². The van der Waals surface area contributed by atoms with Gasteiger partial charge in [0.25, 0.3) is 0 Å². The molecule has 3 heteroatoms. The summed E-state index contributed by atoms with van der Waals surface area (Å²) in [5.74, 6) is 2.04. The standard InChI is InChI=1S/C21H31NO2/c1-24-19-13-11-18(12-14-19)20-9-3-2-6-16-22(20)21(23)15-10-17-7-4-5-8-17/h11-14,17,20H,2-10,15-16H2,1H3/t20-/m0/s1. The summed E-state index contributed by atoms with van der Waals surface area (Å²) in [6.07, 6.45) is 11.9. The van der Waals surface area contributed by atoms with Crippen molar-refractivity contribution in [3.63, 3.8) is 0 Å². The molecule has 1 saturated heterocycles. The van der Waals surface area contributed by atoms with Crippen LogP contribution in [0.1, 0.15) is 75.8 Å². The second kappa shape index (κ2) is 8.55. The van der Waals surface area contributed by atoms with Gasteiger partial charge in [0.2, 0.25) is 5.91 Å². The SMILES string of the molecule is COc1ccc([C@@H]2CCCCCN2C(=O)CCC2CCCC2)cc1. The Morgan fingerprint density at radius 2 is 1.75 bits per heavy atom. The molecule has 24 heavy (non-hydrogen) atoms. The Hall–Kier alpha value is -1.51. The second-order valence-corrected chi connectivity index (χ2v) is 7.41. The Morgan fingerprint density at radius 1 is 1.04 bits per heavy atom. The van der Waals surface area contributed by atoms with Gasteiger partial charge < -0.3 is 9.64 Å². The van der Waals surface area contributed by atoms with E-state index in [-0.39, 0.29) is 6.04 Å². The molecule has 0 radical (unpaired) electrons. The lowest BCUT2D eigenvalue weighted by atomic mass is 9.98. The van der Waals surface area contributed by atoms with Crippen LogP contribution in [-0.4, -0.2) is 24.5 Å². The van der Waals surface area contributed by atoms with Crippen molar-refractivity contribution < 1.29 is 9.53 Å². The number of hydrogen-bond acceptors (Lipinski definition) is 2. The van der Waals surface area contributed by atoms with Gasteiger partial charge in [-0.15, -0.1) is 0 Å². The molecule has 1 amide bonds. The van der Waals surface area contributed by atoms with Gasteiger partial charge in [-0.1, -0.05) is 50.7 Å². The number of amides is 1. The summed E-state index contributed by atoms with van der Waals surface area (Å²) in [4.78, 5) is 15.1. The number of likely N-dealkylation sites (tertiary alicyclic amines) is 1. The molecule has 0 bridgehead atoms. The Labute approximate surface area is 146 Å². The Kier molecular flexibility index (Phi) is 6.17. The Bertz CT molecular complexity index is 519. The summed E-state index contributed by atoms with van der Waals surface area (Å²) < 4.78 is 5.27. The molecule has 2 fully saturated rings. The fourth-order valence-electron chi connectivity index (χ4n) is 4.35. The molecule has 1 heterocycles. The summed E-state index contributed by atoms with van der Waals surface area (Å²) in [5, 5.41) is 0. The lowest BCUT2D eigenvalue weighted by Gasteiger charge is -2.31. The number of hydrogen-bond donors (Lipinski definition) is 0. The third-order valence-electron chi connectivity index (χ3n) is 5.81. The van der Waals surface area contributed by atoms with E-state index in [4.69, 9.17) is 4.74 Å². The normalized spacial score (nSPS) is 22.4. The van der Waals surface area contributed by atoms with Crippen molar-refractivity contribution in [2.75, 3.05) is 13.7 Å². The summed E-state index contributed by atoms with van der Waals surface area (Å²) in [6.45, 7) is 0.917. The van der Waals surface area contributed by atoms with Crippen molar-refractivity contribution in [3.8, 4) is 5.75 Å². The molecule has 2 aliphatic rings. The monoisotopic (exact) mass is 329 g/mol. The molecule has 1 aliphatic carbocycles. The minimum absolute atomic E-state index is 0.245. The van der Waals surface area contributed by atoms with E-state index in [2.05, 4.69) is 17.0 Å². The van der Waals surface area contributed by atoms with Crippen LogP contribution in [-0.2, 0) is 4.79 Å².